The minimum absolute atomic E-state index is 0.0309. The van der Waals surface area contributed by atoms with Crippen LogP contribution in [0.25, 0.3) is 22.3 Å². The summed E-state index contributed by atoms with van der Waals surface area (Å²) in [5.74, 6) is -0.359. The van der Waals surface area contributed by atoms with Crippen molar-refractivity contribution in [3.63, 3.8) is 0 Å². The number of hydrogen-bond acceptors (Lipinski definition) is 6. The lowest BCUT2D eigenvalue weighted by Crippen LogP contribution is -2.14. The number of fused-ring (bicyclic) bond motifs is 1. The van der Waals surface area contributed by atoms with Gasteiger partial charge in [-0.2, -0.15) is 0 Å². The minimum Gasteiger partial charge on any atom is -0.345 e. The van der Waals surface area contributed by atoms with Gasteiger partial charge in [0.05, 0.1) is 33.6 Å². The summed E-state index contributed by atoms with van der Waals surface area (Å²) < 4.78 is 41.6. The summed E-state index contributed by atoms with van der Waals surface area (Å²) in [7, 11) is -4.00. The smallest absolute Gasteiger partial charge is 0.262 e. The van der Waals surface area contributed by atoms with E-state index < -0.39 is 15.8 Å². The average Bonchev–Trinajstić information content (AvgIpc) is 3.29. The molecule has 0 atom stereocenters. The van der Waals surface area contributed by atoms with Crippen molar-refractivity contribution in [1.29, 1.82) is 0 Å². The summed E-state index contributed by atoms with van der Waals surface area (Å²) in [6.45, 7) is 0. The normalized spacial score (nSPS) is 11.4. The summed E-state index contributed by atoms with van der Waals surface area (Å²) in [5, 5.41) is 3.03. The van der Waals surface area contributed by atoms with Crippen molar-refractivity contribution < 1.29 is 12.8 Å². The third-order valence-electron chi connectivity index (χ3n) is 4.89. The first-order valence-corrected chi connectivity index (χ1v) is 11.4. The van der Waals surface area contributed by atoms with Crippen molar-refractivity contribution >= 4 is 38.4 Å². The van der Waals surface area contributed by atoms with Gasteiger partial charge in [-0.05, 0) is 48.5 Å². The Labute approximate surface area is 188 Å². The molecule has 5 rings (SSSR count). The molecule has 164 valence electrons. The number of benzene rings is 3. The molecule has 0 aliphatic rings. The largest absolute Gasteiger partial charge is 0.345 e. The van der Waals surface area contributed by atoms with Crippen LogP contribution in [-0.4, -0.2) is 28.4 Å². The maximum atomic E-state index is 13.9. The third-order valence-corrected chi connectivity index (χ3v) is 6.25. The van der Waals surface area contributed by atoms with Crippen molar-refractivity contribution in [2.75, 3.05) is 10.0 Å². The second-order valence-electron chi connectivity index (χ2n) is 7.14. The molecule has 0 fully saturated rings. The van der Waals surface area contributed by atoms with E-state index in [-0.39, 0.29) is 10.6 Å². The zero-order valence-electron chi connectivity index (χ0n) is 17.0. The van der Waals surface area contributed by atoms with Gasteiger partial charge in [-0.1, -0.05) is 24.3 Å². The molecule has 10 heteroatoms. The van der Waals surface area contributed by atoms with Crippen LogP contribution in [0.5, 0.6) is 0 Å². The van der Waals surface area contributed by atoms with E-state index in [1.165, 1.54) is 30.3 Å². The van der Waals surface area contributed by atoms with E-state index in [9.17, 15) is 12.8 Å². The first-order chi connectivity index (χ1) is 16.0. The zero-order valence-corrected chi connectivity index (χ0v) is 17.8. The summed E-state index contributed by atoms with van der Waals surface area (Å²) in [4.78, 5) is 16.0. The van der Waals surface area contributed by atoms with E-state index in [2.05, 4.69) is 30.0 Å². The number of rotatable bonds is 6. The maximum Gasteiger partial charge on any atom is 0.262 e. The van der Waals surface area contributed by atoms with Crippen LogP contribution < -0.4 is 10.0 Å². The molecule has 5 aromatic rings. The highest BCUT2D eigenvalue weighted by atomic mass is 32.2. The number of hydrogen-bond donors (Lipinski definition) is 3. The number of sulfonamides is 1. The van der Waals surface area contributed by atoms with Crippen molar-refractivity contribution in [1.82, 2.24) is 19.9 Å². The van der Waals surface area contributed by atoms with Crippen LogP contribution in [0.2, 0.25) is 0 Å². The second kappa shape index (κ2) is 8.32. The van der Waals surface area contributed by atoms with Gasteiger partial charge in [-0.3, -0.25) is 4.72 Å². The van der Waals surface area contributed by atoms with E-state index in [1.807, 2.05) is 18.2 Å². The van der Waals surface area contributed by atoms with Crippen molar-refractivity contribution in [2.24, 2.45) is 0 Å². The topological polar surface area (TPSA) is 113 Å². The maximum absolute atomic E-state index is 13.9. The first-order valence-electron chi connectivity index (χ1n) is 9.89. The number of halogens is 1. The molecule has 3 N–H and O–H groups in total. The molecule has 0 saturated carbocycles. The summed E-state index contributed by atoms with van der Waals surface area (Å²) in [6, 6.07) is 19.2. The van der Waals surface area contributed by atoms with Gasteiger partial charge in [-0.15, -0.1) is 0 Å². The molecule has 0 radical (unpaired) electrons. The Hall–Kier alpha value is -4.31. The monoisotopic (exact) mass is 460 g/mol. The molecule has 2 heterocycles. The Bertz CT molecular complexity index is 1570. The molecule has 0 spiro atoms. The summed E-state index contributed by atoms with van der Waals surface area (Å²) >= 11 is 0. The summed E-state index contributed by atoms with van der Waals surface area (Å²) in [5.41, 5.74) is 3.65. The number of imidazole rings is 1. The lowest BCUT2D eigenvalue weighted by atomic mass is 10.1. The Morgan fingerprint density at radius 1 is 0.909 bits per heavy atom. The van der Waals surface area contributed by atoms with Crippen LogP contribution >= 0.6 is 0 Å². The van der Waals surface area contributed by atoms with E-state index in [1.54, 1.807) is 36.8 Å². The zero-order chi connectivity index (χ0) is 22.8. The standard InChI is InChI=1S/C23H17FN6O2S/c24-18-6-1-2-7-20(18)30-33(31,32)17-5-3-4-16(13-17)28-23-25-11-10-19(29-23)15-8-9-21-22(12-15)27-14-26-21/h1-14,30H,(H,26,27)(H,25,28,29). The van der Waals surface area contributed by atoms with Crippen molar-refractivity contribution in [3.8, 4) is 11.3 Å². The molecular formula is C23H17FN6O2S. The number of aromatic nitrogens is 4. The Balaban J connectivity index is 1.40. The Morgan fingerprint density at radius 3 is 2.67 bits per heavy atom. The number of anilines is 3. The second-order valence-corrected chi connectivity index (χ2v) is 8.82. The van der Waals surface area contributed by atoms with Gasteiger partial charge >= 0.3 is 0 Å². The van der Waals surface area contributed by atoms with E-state index in [0.717, 1.165) is 16.6 Å². The molecule has 2 aromatic heterocycles. The van der Waals surface area contributed by atoms with Crippen LogP contribution in [0, 0.1) is 5.82 Å². The predicted octanol–water partition coefficient (Wildman–Crippen LogP) is 4.70. The Morgan fingerprint density at radius 2 is 1.79 bits per heavy atom. The van der Waals surface area contributed by atoms with Gasteiger partial charge in [0.25, 0.3) is 10.0 Å². The number of nitrogens with zero attached hydrogens (tertiary/aromatic N) is 3. The molecule has 0 saturated heterocycles. The molecular weight excluding hydrogens is 443 g/mol. The van der Waals surface area contributed by atoms with E-state index >= 15 is 0 Å². The minimum atomic E-state index is -4.00. The number of para-hydroxylation sites is 1. The lowest BCUT2D eigenvalue weighted by molar-refractivity contribution is 0.598. The van der Waals surface area contributed by atoms with Gasteiger partial charge < -0.3 is 10.3 Å². The molecule has 0 aliphatic heterocycles. The number of aromatic amines is 1. The first kappa shape index (κ1) is 20.6. The van der Waals surface area contributed by atoms with Gasteiger partial charge in [0.15, 0.2) is 0 Å². The highest BCUT2D eigenvalue weighted by Gasteiger charge is 2.17. The van der Waals surface area contributed by atoms with Crippen LogP contribution in [0.1, 0.15) is 0 Å². The molecule has 8 nitrogen and oxygen atoms in total. The van der Waals surface area contributed by atoms with Crippen LogP contribution in [0.4, 0.5) is 21.7 Å². The average molecular weight is 460 g/mol. The molecule has 0 bridgehead atoms. The van der Waals surface area contributed by atoms with Crippen molar-refractivity contribution in [2.45, 2.75) is 4.90 Å². The highest BCUT2D eigenvalue weighted by molar-refractivity contribution is 7.92. The van der Waals surface area contributed by atoms with Gasteiger partial charge in [0.1, 0.15) is 5.82 Å². The van der Waals surface area contributed by atoms with Crippen LogP contribution in [0.3, 0.4) is 0 Å². The highest BCUT2D eigenvalue weighted by Crippen LogP contribution is 2.24. The molecule has 0 aliphatic carbocycles. The van der Waals surface area contributed by atoms with Gasteiger partial charge in [-0.25, -0.2) is 27.8 Å². The Kier molecular flexibility index (Phi) is 5.19. The predicted molar refractivity (Wildman–Crippen MR) is 124 cm³/mol. The van der Waals surface area contributed by atoms with Crippen molar-refractivity contribution in [3.05, 3.63) is 91.1 Å². The van der Waals surface area contributed by atoms with Crippen LogP contribution in [0.15, 0.2) is 90.2 Å². The molecule has 0 amide bonds. The van der Waals surface area contributed by atoms with E-state index in [0.29, 0.717) is 17.3 Å². The van der Waals surface area contributed by atoms with Gasteiger partial charge in [0.2, 0.25) is 5.95 Å². The van der Waals surface area contributed by atoms with Crippen LogP contribution in [-0.2, 0) is 10.0 Å². The summed E-state index contributed by atoms with van der Waals surface area (Å²) in [6.07, 6.45) is 3.24. The SMILES string of the molecule is O=S(=O)(Nc1ccccc1F)c1cccc(Nc2nccc(-c3ccc4nc[nH]c4c3)n2)c1. The number of nitrogens with one attached hydrogen (secondary N) is 3. The third kappa shape index (κ3) is 4.37. The quantitative estimate of drug-likeness (QED) is 0.338. The molecule has 33 heavy (non-hydrogen) atoms. The molecule has 3 aromatic carbocycles. The lowest BCUT2D eigenvalue weighted by Gasteiger charge is -2.11. The van der Waals surface area contributed by atoms with Gasteiger partial charge in [0, 0.05) is 17.4 Å². The fraction of sp³-hybridized carbons (Fsp3) is 0. The molecule has 0 unspecified atom stereocenters. The van der Waals surface area contributed by atoms with E-state index in [4.69, 9.17) is 0 Å². The fourth-order valence-corrected chi connectivity index (χ4v) is 4.41. The fourth-order valence-electron chi connectivity index (χ4n) is 3.29. The number of H-pyrrole nitrogens is 1.